The first kappa shape index (κ1) is 12.3. The van der Waals surface area contributed by atoms with Crippen LogP contribution in [0.3, 0.4) is 0 Å². The molecule has 1 aromatic heterocycles. The maximum Gasteiger partial charge on any atom is 0.267 e. The molecule has 1 heterocycles. The molecular formula is C6H5BrF2N2O3S. The van der Waals surface area contributed by atoms with Crippen LogP contribution in [0.4, 0.5) is 8.78 Å². The highest BCUT2D eigenvalue weighted by Gasteiger charge is 2.24. The number of hydrogen-bond donors (Lipinski definition) is 2. The predicted octanol–water partition coefficient (Wildman–Crippen LogP) is 1.13. The van der Waals surface area contributed by atoms with Gasteiger partial charge in [-0.25, -0.2) is 27.3 Å². The fraction of sp³-hybridized carbons (Fsp3) is 0.167. The number of hydrogen-bond acceptors (Lipinski definition) is 4. The van der Waals surface area contributed by atoms with Crippen molar-refractivity contribution in [3.05, 3.63) is 16.2 Å². The normalized spacial score (nSPS) is 12.1. The summed E-state index contributed by atoms with van der Waals surface area (Å²) in [4.78, 5) is 3.31. The topological polar surface area (TPSA) is 93.3 Å². The van der Waals surface area contributed by atoms with Gasteiger partial charge in [0.15, 0.2) is 5.75 Å². The Morgan fingerprint density at radius 3 is 2.47 bits per heavy atom. The predicted molar refractivity (Wildman–Crippen MR) is 49.9 cm³/mol. The molecule has 0 aliphatic heterocycles. The van der Waals surface area contributed by atoms with E-state index in [0.29, 0.717) is 0 Å². The zero-order chi connectivity index (χ0) is 11.8. The molecule has 0 aliphatic carbocycles. The molecule has 0 unspecified atom stereocenters. The van der Waals surface area contributed by atoms with Crippen LogP contribution >= 0.6 is 15.9 Å². The number of halogens is 3. The fourth-order valence-electron chi connectivity index (χ4n) is 0.867. The molecule has 3 N–H and O–H groups in total. The van der Waals surface area contributed by atoms with Crippen molar-refractivity contribution in [2.24, 2.45) is 5.14 Å². The Labute approximate surface area is 92.1 Å². The molecule has 0 aromatic carbocycles. The van der Waals surface area contributed by atoms with Crippen LogP contribution in [0.5, 0.6) is 5.75 Å². The van der Waals surface area contributed by atoms with Crippen molar-refractivity contribution < 1.29 is 22.3 Å². The van der Waals surface area contributed by atoms with Gasteiger partial charge >= 0.3 is 0 Å². The molecule has 0 bridgehead atoms. The van der Waals surface area contributed by atoms with Gasteiger partial charge in [0, 0.05) is 0 Å². The van der Waals surface area contributed by atoms with Crippen LogP contribution in [0.2, 0.25) is 0 Å². The van der Waals surface area contributed by atoms with Gasteiger partial charge in [-0.2, -0.15) is 0 Å². The maximum atomic E-state index is 12.3. The summed E-state index contributed by atoms with van der Waals surface area (Å²) in [5.41, 5.74) is -0.846. The van der Waals surface area contributed by atoms with Crippen LogP contribution in [0.1, 0.15) is 12.0 Å². The minimum atomic E-state index is -4.34. The molecule has 1 rings (SSSR count). The number of alkyl halides is 2. The Bertz CT molecular complexity index is 491. The third-order valence-corrected chi connectivity index (χ3v) is 2.69. The summed E-state index contributed by atoms with van der Waals surface area (Å²) in [6.07, 6.45) is -3.02. The highest BCUT2D eigenvalue weighted by molar-refractivity contribution is 9.10. The van der Waals surface area contributed by atoms with Crippen molar-refractivity contribution in [1.82, 2.24) is 4.98 Å². The van der Waals surface area contributed by atoms with Crippen LogP contribution < -0.4 is 5.14 Å². The Balaban J connectivity index is 3.56. The van der Waals surface area contributed by atoms with Crippen LogP contribution in [0.15, 0.2) is 15.7 Å². The zero-order valence-electron chi connectivity index (χ0n) is 6.99. The van der Waals surface area contributed by atoms with Crippen molar-refractivity contribution in [1.29, 1.82) is 0 Å². The van der Waals surface area contributed by atoms with Crippen molar-refractivity contribution >= 4 is 26.0 Å². The second-order valence-corrected chi connectivity index (χ2v) is 4.82. The van der Waals surface area contributed by atoms with Crippen molar-refractivity contribution in [2.75, 3.05) is 0 Å². The van der Waals surface area contributed by atoms with Crippen molar-refractivity contribution in [3.8, 4) is 5.75 Å². The van der Waals surface area contributed by atoms with Gasteiger partial charge < -0.3 is 5.11 Å². The Kier molecular flexibility index (Phi) is 3.26. The lowest BCUT2D eigenvalue weighted by Crippen LogP contribution is -2.15. The second kappa shape index (κ2) is 3.99. The van der Waals surface area contributed by atoms with E-state index in [4.69, 9.17) is 0 Å². The van der Waals surface area contributed by atoms with E-state index in [9.17, 15) is 22.3 Å². The highest BCUT2D eigenvalue weighted by atomic mass is 79.9. The Morgan fingerprint density at radius 1 is 1.53 bits per heavy atom. The van der Waals surface area contributed by atoms with Gasteiger partial charge in [0.2, 0.25) is 5.03 Å². The van der Waals surface area contributed by atoms with Crippen LogP contribution in [0, 0.1) is 0 Å². The van der Waals surface area contributed by atoms with Gasteiger partial charge in [-0.3, -0.25) is 0 Å². The number of rotatable bonds is 2. The molecular weight excluding hydrogens is 298 g/mol. The molecule has 0 spiro atoms. The van der Waals surface area contributed by atoms with E-state index in [1.165, 1.54) is 0 Å². The quantitative estimate of drug-likeness (QED) is 0.801. The molecule has 0 fully saturated rings. The van der Waals surface area contributed by atoms with Crippen LogP contribution in [-0.2, 0) is 10.0 Å². The van der Waals surface area contributed by atoms with E-state index in [2.05, 4.69) is 26.1 Å². The molecule has 5 nitrogen and oxygen atoms in total. The third kappa shape index (κ3) is 2.61. The molecule has 0 aliphatic rings. The number of aromatic hydroxyl groups is 1. The van der Waals surface area contributed by atoms with Gasteiger partial charge in [-0.15, -0.1) is 0 Å². The Morgan fingerprint density at radius 2 is 2.07 bits per heavy atom. The minimum Gasteiger partial charge on any atom is -0.505 e. The molecule has 1 aromatic rings. The van der Waals surface area contributed by atoms with E-state index in [-0.39, 0.29) is 4.60 Å². The van der Waals surface area contributed by atoms with Gasteiger partial charge in [0.1, 0.15) is 4.60 Å². The zero-order valence-corrected chi connectivity index (χ0v) is 9.39. The monoisotopic (exact) mass is 302 g/mol. The average Bonchev–Trinajstić information content (AvgIpc) is 2.06. The van der Waals surface area contributed by atoms with E-state index in [0.717, 1.165) is 6.07 Å². The van der Waals surface area contributed by atoms with E-state index in [1.807, 2.05) is 0 Å². The lowest BCUT2D eigenvalue weighted by Gasteiger charge is -2.07. The number of sulfonamides is 1. The van der Waals surface area contributed by atoms with Crippen molar-refractivity contribution in [3.63, 3.8) is 0 Å². The largest absolute Gasteiger partial charge is 0.505 e. The standard InChI is InChI=1S/C6H5BrF2N2O3S/c7-3-1-2(5(8)9)4(12)6(11-3)15(10,13)14/h1,5,12H,(H2,10,13,14). The minimum absolute atomic E-state index is 0.153. The fourth-order valence-corrected chi connectivity index (χ4v) is 2.02. The van der Waals surface area contributed by atoms with Crippen LogP contribution in [0.25, 0.3) is 0 Å². The first-order valence-corrected chi connectivity index (χ1v) is 5.77. The van der Waals surface area contributed by atoms with Crippen molar-refractivity contribution in [2.45, 2.75) is 11.5 Å². The average molecular weight is 303 g/mol. The van der Waals surface area contributed by atoms with Gasteiger partial charge in [0.25, 0.3) is 16.4 Å². The molecule has 0 saturated heterocycles. The third-order valence-electron chi connectivity index (χ3n) is 1.46. The summed E-state index contributed by atoms with van der Waals surface area (Å²) in [5.74, 6) is -1.13. The molecule has 0 saturated carbocycles. The number of primary sulfonamides is 1. The summed E-state index contributed by atoms with van der Waals surface area (Å²) in [7, 11) is -4.34. The second-order valence-electron chi connectivity index (χ2n) is 2.53. The highest BCUT2D eigenvalue weighted by Crippen LogP contribution is 2.33. The van der Waals surface area contributed by atoms with Gasteiger partial charge in [-0.1, -0.05) is 0 Å². The lowest BCUT2D eigenvalue weighted by atomic mass is 10.2. The van der Waals surface area contributed by atoms with E-state index < -0.39 is 32.8 Å². The maximum absolute atomic E-state index is 12.3. The number of nitrogens with zero attached hydrogens (tertiary/aromatic N) is 1. The summed E-state index contributed by atoms with van der Waals surface area (Å²) in [6, 6.07) is 0.814. The molecule has 9 heteroatoms. The summed E-state index contributed by atoms with van der Waals surface area (Å²) in [5, 5.41) is 12.9. The Hall–Kier alpha value is -0.800. The number of nitrogens with two attached hydrogens (primary N) is 1. The summed E-state index contributed by atoms with van der Waals surface area (Å²) < 4.78 is 46.3. The molecule has 0 atom stereocenters. The molecule has 0 amide bonds. The molecule has 84 valence electrons. The number of pyridine rings is 1. The van der Waals surface area contributed by atoms with Gasteiger partial charge in [-0.05, 0) is 22.0 Å². The first-order chi connectivity index (χ1) is 6.73. The van der Waals surface area contributed by atoms with E-state index in [1.54, 1.807) is 0 Å². The summed E-state index contributed by atoms with van der Waals surface area (Å²) >= 11 is 2.73. The van der Waals surface area contributed by atoms with Gasteiger partial charge in [0.05, 0.1) is 5.56 Å². The van der Waals surface area contributed by atoms with E-state index >= 15 is 0 Å². The lowest BCUT2D eigenvalue weighted by molar-refractivity contribution is 0.146. The first-order valence-electron chi connectivity index (χ1n) is 3.44. The molecule has 0 radical (unpaired) electrons. The smallest absolute Gasteiger partial charge is 0.267 e. The number of aromatic nitrogens is 1. The summed E-state index contributed by atoms with van der Waals surface area (Å²) in [6.45, 7) is 0. The molecule has 15 heavy (non-hydrogen) atoms. The van der Waals surface area contributed by atoms with Crippen LogP contribution in [-0.4, -0.2) is 18.5 Å². The SMILES string of the molecule is NS(=O)(=O)c1nc(Br)cc(C(F)F)c1O.